The smallest absolute Gasteiger partial charge is 0.0356 e. The third kappa shape index (κ3) is 2.39. The molecule has 0 spiro atoms. The number of halogens is 1. The molecule has 1 aliphatic rings. The highest BCUT2D eigenvalue weighted by molar-refractivity contribution is 14.0. The lowest BCUT2D eigenvalue weighted by Crippen LogP contribution is -2.17. The molecule has 1 nitrogen and oxygen atoms in total. The maximum absolute atomic E-state index is 2.21. The number of likely N-dealkylation sites (N-methyl/N-ethyl adjacent to an activating group) is 1. The van der Waals surface area contributed by atoms with Crippen LogP contribution in [0, 0.1) is 0 Å². The Bertz CT molecular complexity index is 138. The zero-order valence-electron chi connectivity index (χ0n) is 5.79. The molecule has 0 bridgehead atoms. The van der Waals surface area contributed by atoms with E-state index in [9.17, 15) is 0 Å². The van der Waals surface area contributed by atoms with Gasteiger partial charge in [0.05, 0.1) is 0 Å². The largest absolute Gasteiger partial charge is 0.374 e. The number of allylic oxidation sites excluding steroid dienone is 3. The number of hydrogen-bond acceptors (Lipinski definition) is 1. The van der Waals surface area contributed by atoms with E-state index in [0.29, 0.717) is 0 Å². The van der Waals surface area contributed by atoms with Gasteiger partial charge in [0.2, 0.25) is 0 Å². The van der Waals surface area contributed by atoms with E-state index in [1.54, 1.807) is 0 Å². The zero-order chi connectivity index (χ0) is 5.98. The summed E-state index contributed by atoms with van der Waals surface area (Å²) in [5.74, 6) is 0. The predicted molar refractivity (Wildman–Crippen MR) is 50.9 cm³/mol. The second-order valence-corrected chi connectivity index (χ2v) is 2.12. The lowest BCUT2D eigenvalue weighted by Gasteiger charge is -2.19. The SMILES string of the molecule is CC1=CC=CCN1C.I. The topological polar surface area (TPSA) is 3.24 Å². The van der Waals surface area contributed by atoms with Gasteiger partial charge < -0.3 is 4.90 Å². The fourth-order valence-corrected chi connectivity index (χ4v) is 0.698. The summed E-state index contributed by atoms with van der Waals surface area (Å²) in [4.78, 5) is 2.21. The van der Waals surface area contributed by atoms with Crippen LogP contribution in [0.25, 0.3) is 0 Å². The van der Waals surface area contributed by atoms with Crippen LogP contribution in [0.1, 0.15) is 6.92 Å². The Morgan fingerprint density at radius 3 is 2.56 bits per heavy atom. The summed E-state index contributed by atoms with van der Waals surface area (Å²) in [6.45, 7) is 3.17. The van der Waals surface area contributed by atoms with Crippen LogP contribution in [0.2, 0.25) is 0 Å². The lowest BCUT2D eigenvalue weighted by molar-refractivity contribution is 0.460. The molecule has 2 heteroatoms. The molecule has 0 saturated carbocycles. The van der Waals surface area contributed by atoms with Crippen molar-refractivity contribution in [2.24, 2.45) is 0 Å². The molecule has 0 amide bonds. The fourth-order valence-electron chi connectivity index (χ4n) is 0.698. The second-order valence-electron chi connectivity index (χ2n) is 2.12. The summed E-state index contributed by atoms with van der Waals surface area (Å²) in [6, 6.07) is 0. The van der Waals surface area contributed by atoms with Gasteiger partial charge in [0.25, 0.3) is 0 Å². The molecule has 52 valence electrons. The molecule has 9 heavy (non-hydrogen) atoms. The summed E-state index contributed by atoms with van der Waals surface area (Å²) >= 11 is 0. The third-order valence-corrected chi connectivity index (χ3v) is 1.45. The quantitative estimate of drug-likeness (QED) is 0.582. The molecule has 0 saturated heterocycles. The molecule has 0 aliphatic carbocycles. The fraction of sp³-hybridized carbons (Fsp3) is 0.429. The highest BCUT2D eigenvalue weighted by atomic mass is 127. The van der Waals surface area contributed by atoms with Gasteiger partial charge in [-0.05, 0) is 13.0 Å². The van der Waals surface area contributed by atoms with Crippen molar-refractivity contribution in [2.75, 3.05) is 13.6 Å². The molecule has 0 fully saturated rings. The Morgan fingerprint density at radius 1 is 1.56 bits per heavy atom. The standard InChI is InChI=1S/C7H11N.HI/c1-7-5-3-4-6-8(7)2;/h3-5H,6H2,1-2H3;1H. The summed E-state index contributed by atoms with van der Waals surface area (Å²) in [7, 11) is 2.09. The van der Waals surface area contributed by atoms with Crippen LogP contribution >= 0.6 is 24.0 Å². The van der Waals surface area contributed by atoms with Crippen molar-refractivity contribution in [2.45, 2.75) is 6.92 Å². The van der Waals surface area contributed by atoms with Gasteiger partial charge in [-0.15, -0.1) is 24.0 Å². The van der Waals surface area contributed by atoms with Crippen LogP contribution in [0.15, 0.2) is 23.9 Å². The van der Waals surface area contributed by atoms with E-state index in [2.05, 4.69) is 37.1 Å². The molecule has 1 aliphatic heterocycles. The first-order valence-corrected chi connectivity index (χ1v) is 2.85. The van der Waals surface area contributed by atoms with Crippen LogP contribution in [-0.4, -0.2) is 18.5 Å². The number of rotatable bonds is 0. The minimum absolute atomic E-state index is 0. The van der Waals surface area contributed by atoms with E-state index in [1.807, 2.05) is 0 Å². The van der Waals surface area contributed by atoms with E-state index in [0.717, 1.165) is 6.54 Å². The van der Waals surface area contributed by atoms with E-state index >= 15 is 0 Å². The molecular weight excluding hydrogens is 225 g/mol. The number of nitrogens with zero attached hydrogens (tertiary/aromatic N) is 1. The molecule has 0 atom stereocenters. The Hall–Kier alpha value is 0.0100. The third-order valence-electron chi connectivity index (χ3n) is 1.45. The van der Waals surface area contributed by atoms with Crippen molar-refractivity contribution in [3.8, 4) is 0 Å². The van der Waals surface area contributed by atoms with Gasteiger partial charge in [0, 0.05) is 19.3 Å². The van der Waals surface area contributed by atoms with Crippen molar-refractivity contribution in [1.82, 2.24) is 4.90 Å². The van der Waals surface area contributed by atoms with Crippen molar-refractivity contribution in [1.29, 1.82) is 0 Å². The van der Waals surface area contributed by atoms with Crippen LogP contribution < -0.4 is 0 Å². The first-order chi connectivity index (χ1) is 3.80. The summed E-state index contributed by atoms with van der Waals surface area (Å²) < 4.78 is 0. The van der Waals surface area contributed by atoms with Gasteiger partial charge in [0.15, 0.2) is 0 Å². The molecule has 0 N–H and O–H groups in total. The molecule has 0 unspecified atom stereocenters. The first kappa shape index (κ1) is 9.01. The van der Waals surface area contributed by atoms with Crippen molar-refractivity contribution in [3.05, 3.63) is 23.9 Å². The minimum atomic E-state index is 0. The van der Waals surface area contributed by atoms with Gasteiger partial charge in [-0.3, -0.25) is 0 Å². The predicted octanol–water partition coefficient (Wildman–Crippen LogP) is 2.01. The Balaban J connectivity index is 0.000000640. The van der Waals surface area contributed by atoms with Crippen LogP contribution in [-0.2, 0) is 0 Å². The van der Waals surface area contributed by atoms with E-state index in [4.69, 9.17) is 0 Å². The van der Waals surface area contributed by atoms with Gasteiger partial charge in [0.1, 0.15) is 0 Å². The maximum atomic E-state index is 2.21. The highest BCUT2D eigenvalue weighted by Gasteiger charge is 1.96. The average Bonchev–Trinajstić information content (AvgIpc) is 1.77. The van der Waals surface area contributed by atoms with Crippen LogP contribution in [0.4, 0.5) is 0 Å². The van der Waals surface area contributed by atoms with E-state index < -0.39 is 0 Å². The molecule has 0 aromatic rings. The van der Waals surface area contributed by atoms with Gasteiger partial charge >= 0.3 is 0 Å². The molecule has 0 radical (unpaired) electrons. The number of hydrogen-bond donors (Lipinski definition) is 0. The summed E-state index contributed by atoms with van der Waals surface area (Å²) in [6.07, 6.45) is 6.35. The van der Waals surface area contributed by atoms with Gasteiger partial charge in [-0.1, -0.05) is 12.2 Å². The summed E-state index contributed by atoms with van der Waals surface area (Å²) in [5, 5.41) is 0. The molecular formula is C7H12IN. The van der Waals surface area contributed by atoms with Gasteiger partial charge in [-0.25, -0.2) is 0 Å². The Morgan fingerprint density at radius 2 is 2.22 bits per heavy atom. The first-order valence-electron chi connectivity index (χ1n) is 2.85. The average molecular weight is 237 g/mol. The summed E-state index contributed by atoms with van der Waals surface area (Å²) in [5.41, 5.74) is 1.34. The van der Waals surface area contributed by atoms with Crippen molar-refractivity contribution in [3.63, 3.8) is 0 Å². The van der Waals surface area contributed by atoms with Crippen molar-refractivity contribution >= 4 is 24.0 Å². The second kappa shape index (κ2) is 3.93. The zero-order valence-corrected chi connectivity index (χ0v) is 8.12. The molecule has 1 rings (SSSR count). The minimum Gasteiger partial charge on any atom is -0.374 e. The van der Waals surface area contributed by atoms with E-state index in [-0.39, 0.29) is 24.0 Å². The van der Waals surface area contributed by atoms with Crippen LogP contribution in [0.5, 0.6) is 0 Å². The lowest BCUT2D eigenvalue weighted by atomic mass is 10.3. The maximum Gasteiger partial charge on any atom is 0.0356 e. The van der Waals surface area contributed by atoms with Crippen molar-refractivity contribution < 1.29 is 0 Å². The molecule has 0 aromatic carbocycles. The highest BCUT2D eigenvalue weighted by Crippen LogP contribution is 2.03. The Labute approximate surface area is 73.4 Å². The van der Waals surface area contributed by atoms with E-state index in [1.165, 1.54) is 5.70 Å². The molecule has 1 heterocycles. The monoisotopic (exact) mass is 237 g/mol. The van der Waals surface area contributed by atoms with Gasteiger partial charge in [-0.2, -0.15) is 0 Å². The van der Waals surface area contributed by atoms with Crippen LogP contribution in [0.3, 0.4) is 0 Å². The molecule has 0 aromatic heterocycles. The normalized spacial score (nSPS) is 16.7. The Kier molecular flexibility index (Phi) is 3.93.